The summed E-state index contributed by atoms with van der Waals surface area (Å²) in [5.41, 5.74) is 3.56. The summed E-state index contributed by atoms with van der Waals surface area (Å²) < 4.78 is 5.14. The first-order valence-electron chi connectivity index (χ1n) is 6.83. The summed E-state index contributed by atoms with van der Waals surface area (Å²) in [5.74, 6) is 0.0726. The maximum Gasteiger partial charge on any atom is 0.248 e. The predicted molar refractivity (Wildman–Crippen MR) is 78.1 cm³/mol. The van der Waals surface area contributed by atoms with E-state index in [1.54, 1.807) is 0 Å². The van der Waals surface area contributed by atoms with Gasteiger partial charge in [0.15, 0.2) is 0 Å². The zero-order valence-electron chi connectivity index (χ0n) is 11.3. The summed E-state index contributed by atoms with van der Waals surface area (Å²) in [5, 5.41) is 0. The van der Waals surface area contributed by atoms with Crippen molar-refractivity contribution in [3.8, 4) is 11.1 Å². The third-order valence-electron chi connectivity index (χ3n) is 3.52. The second-order valence-corrected chi connectivity index (χ2v) is 4.93. The van der Waals surface area contributed by atoms with E-state index in [4.69, 9.17) is 4.74 Å². The van der Waals surface area contributed by atoms with Crippen LogP contribution in [-0.4, -0.2) is 30.6 Å². The number of ether oxygens (including phenoxy) is 1. The molecule has 2 aromatic rings. The second-order valence-electron chi connectivity index (χ2n) is 4.93. The van der Waals surface area contributed by atoms with Crippen LogP contribution in [0.1, 0.15) is 5.56 Å². The van der Waals surface area contributed by atoms with Crippen LogP contribution in [0.2, 0.25) is 0 Å². The van der Waals surface area contributed by atoms with E-state index in [0.29, 0.717) is 19.7 Å². The van der Waals surface area contributed by atoms with Crippen molar-refractivity contribution in [3.05, 3.63) is 60.2 Å². The minimum atomic E-state index is 0.0726. The van der Waals surface area contributed by atoms with E-state index in [2.05, 4.69) is 36.4 Å². The highest BCUT2D eigenvalue weighted by Gasteiger charge is 2.18. The lowest BCUT2D eigenvalue weighted by Crippen LogP contribution is -2.40. The molecule has 102 valence electrons. The van der Waals surface area contributed by atoms with Crippen LogP contribution in [0, 0.1) is 0 Å². The van der Waals surface area contributed by atoms with Crippen LogP contribution >= 0.6 is 0 Å². The molecule has 1 amide bonds. The third kappa shape index (κ3) is 2.89. The van der Waals surface area contributed by atoms with Gasteiger partial charge in [-0.15, -0.1) is 0 Å². The van der Waals surface area contributed by atoms with Gasteiger partial charge in [0.05, 0.1) is 6.61 Å². The molecular weight excluding hydrogens is 250 g/mol. The first-order valence-corrected chi connectivity index (χ1v) is 6.83. The Labute approximate surface area is 118 Å². The van der Waals surface area contributed by atoms with Gasteiger partial charge in [-0.2, -0.15) is 0 Å². The number of rotatable bonds is 3. The minimum Gasteiger partial charge on any atom is -0.370 e. The Balaban J connectivity index is 1.72. The average molecular weight is 267 g/mol. The molecule has 1 heterocycles. The highest BCUT2D eigenvalue weighted by molar-refractivity contribution is 5.78. The molecule has 1 aliphatic rings. The van der Waals surface area contributed by atoms with Crippen LogP contribution < -0.4 is 0 Å². The average Bonchev–Trinajstić information content (AvgIpc) is 2.51. The molecule has 1 saturated heterocycles. The van der Waals surface area contributed by atoms with Crippen molar-refractivity contribution in [2.24, 2.45) is 0 Å². The lowest BCUT2D eigenvalue weighted by molar-refractivity contribution is -0.143. The number of hydrogen-bond acceptors (Lipinski definition) is 2. The van der Waals surface area contributed by atoms with Gasteiger partial charge < -0.3 is 9.64 Å². The molecule has 0 radical (unpaired) electrons. The zero-order valence-corrected chi connectivity index (χ0v) is 11.3. The van der Waals surface area contributed by atoms with Crippen LogP contribution in [0.25, 0.3) is 11.1 Å². The highest BCUT2D eigenvalue weighted by Crippen LogP contribution is 2.20. The quantitative estimate of drug-likeness (QED) is 0.855. The predicted octanol–water partition coefficient (Wildman–Crippen LogP) is 2.71. The normalized spacial score (nSPS) is 15.4. The largest absolute Gasteiger partial charge is 0.370 e. The van der Waals surface area contributed by atoms with E-state index in [-0.39, 0.29) is 12.5 Å². The van der Waals surface area contributed by atoms with E-state index in [1.165, 1.54) is 11.1 Å². The molecule has 3 heteroatoms. The van der Waals surface area contributed by atoms with Gasteiger partial charge in [0.25, 0.3) is 0 Å². The number of nitrogens with zero attached hydrogens (tertiary/aromatic N) is 1. The van der Waals surface area contributed by atoms with Gasteiger partial charge in [-0.05, 0) is 16.7 Å². The van der Waals surface area contributed by atoms with Crippen molar-refractivity contribution in [1.82, 2.24) is 4.90 Å². The van der Waals surface area contributed by atoms with Gasteiger partial charge in [-0.25, -0.2) is 0 Å². The topological polar surface area (TPSA) is 29.5 Å². The van der Waals surface area contributed by atoms with Gasteiger partial charge in [-0.1, -0.05) is 54.6 Å². The maximum absolute atomic E-state index is 11.7. The first kappa shape index (κ1) is 12.9. The molecule has 1 fully saturated rings. The SMILES string of the molecule is O=C1COCCN1Cc1ccc(-c2ccccc2)cc1. The van der Waals surface area contributed by atoms with Crippen molar-refractivity contribution in [3.63, 3.8) is 0 Å². The molecule has 0 unspecified atom stereocenters. The Morgan fingerprint density at radius 2 is 1.65 bits per heavy atom. The van der Waals surface area contributed by atoms with E-state index in [0.717, 1.165) is 5.56 Å². The maximum atomic E-state index is 11.7. The number of carbonyl (C=O) groups excluding carboxylic acids is 1. The monoisotopic (exact) mass is 267 g/mol. The molecule has 2 aromatic carbocycles. The van der Waals surface area contributed by atoms with Crippen molar-refractivity contribution < 1.29 is 9.53 Å². The van der Waals surface area contributed by atoms with Gasteiger partial charge >= 0.3 is 0 Å². The number of benzene rings is 2. The molecule has 0 atom stereocenters. The smallest absolute Gasteiger partial charge is 0.248 e. The van der Waals surface area contributed by atoms with Crippen LogP contribution in [0.3, 0.4) is 0 Å². The van der Waals surface area contributed by atoms with E-state index in [9.17, 15) is 4.79 Å². The lowest BCUT2D eigenvalue weighted by Gasteiger charge is -2.26. The Morgan fingerprint density at radius 1 is 0.950 bits per heavy atom. The summed E-state index contributed by atoms with van der Waals surface area (Å²) in [6, 6.07) is 18.7. The fourth-order valence-corrected chi connectivity index (χ4v) is 2.37. The summed E-state index contributed by atoms with van der Waals surface area (Å²) in [7, 11) is 0. The van der Waals surface area contributed by atoms with Crippen LogP contribution in [-0.2, 0) is 16.1 Å². The number of hydrogen-bond donors (Lipinski definition) is 0. The Hall–Kier alpha value is -2.13. The fourth-order valence-electron chi connectivity index (χ4n) is 2.37. The van der Waals surface area contributed by atoms with Crippen LogP contribution in [0.15, 0.2) is 54.6 Å². The molecule has 0 aromatic heterocycles. The third-order valence-corrected chi connectivity index (χ3v) is 3.52. The summed E-state index contributed by atoms with van der Waals surface area (Å²) in [4.78, 5) is 13.5. The lowest BCUT2D eigenvalue weighted by atomic mass is 10.0. The van der Waals surface area contributed by atoms with Crippen molar-refractivity contribution >= 4 is 5.91 Å². The zero-order chi connectivity index (χ0) is 13.8. The van der Waals surface area contributed by atoms with E-state index < -0.39 is 0 Å². The van der Waals surface area contributed by atoms with Crippen molar-refractivity contribution in [2.45, 2.75) is 6.54 Å². The molecular formula is C17H17NO2. The highest BCUT2D eigenvalue weighted by atomic mass is 16.5. The molecule has 0 bridgehead atoms. The molecule has 3 nitrogen and oxygen atoms in total. The summed E-state index contributed by atoms with van der Waals surface area (Å²) in [6.45, 7) is 2.19. The van der Waals surface area contributed by atoms with Crippen molar-refractivity contribution in [1.29, 1.82) is 0 Å². The van der Waals surface area contributed by atoms with E-state index in [1.807, 2.05) is 23.1 Å². The van der Waals surface area contributed by atoms with Crippen molar-refractivity contribution in [2.75, 3.05) is 19.8 Å². The number of amides is 1. The molecule has 0 saturated carbocycles. The molecule has 1 aliphatic heterocycles. The second kappa shape index (κ2) is 5.88. The summed E-state index contributed by atoms with van der Waals surface area (Å²) >= 11 is 0. The van der Waals surface area contributed by atoms with Gasteiger partial charge in [0.2, 0.25) is 5.91 Å². The standard InChI is InChI=1S/C17H17NO2/c19-17-13-20-11-10-18(17)12-14-6-8-16(9-7-14)15-4-2-1-3-5-15/h1-9H,10-13H2. The fraction of sp³-hybridized carbons (Fsp3) is 0.235. The Kier molecular flexibility index (Phi) is 3.79. The molecule has 0 N–H and O–H groups in total. The van der Waals surface area contributed by atoms with Gasteiger partial charge in [0.1, 0.15) is 6.61 Å². The summed E-state index contributed by atoms with van der Waals surface area (Å²) in [6.07, 6.45) is 0. The molecule has 20 heavy (non-hydrogen) atoms. The Morgan fingerprint density at radius 3 is 2.35 bits per heavy atom. The number of morpholine rings is 1. The van der Waals surface area contributed by atoms with Gasteiger partial charge in [-0.3, -0.25) is 4.79 Å². The first-order chi connectivity index (χ1) is 9.83. The van der Waals surface area contributed by atoms with Crippen LogP contribution in [0.5, 0.6) is 0 Å². The van der Waals surface area contributed by atoms with E-state index >= 15 is 0 Å². The van der Waals surface area contributed by atoms with Gasteiger partial charge in [0, 0.05) is 13.1 Å². The molecule has 0 spiro atoms. The molecule has 3 rings (SSSR count). The molecule has 0 aliphatic carbocycles. The van der Waals surface area contributed by atoms with Crippen LogP contribution in [0.4, 0.5) is 0 Å². The number of carbonyl (C=O) groups is 1. The Bertz CT molecular complexity index is 578. The minimum absolute atomic E-state index is 0.0726.